The number of aliphatic carboxylic acids is 1. The molecule has 1 aromatic rings. The first-order valence-electron chi connectivity index (χ1n) is 5.47. The van der Waals surface area contributed by atoms with E-state index in [0.717, 1.165) is 6.42 Å². The van der Waals surface area contributed by atoms with Gasteiger partial charge in [-0.1, -0.05) is 0 Å². The van der Waals surface area contributed by atoms with E-state index < -0.39 is 11.9 Å². The van der Waals surface area contributed by atoms with Crippen LogP contribution in [0.4, 0.5) is 0 Å². The van der Waals surface area contributed by atoms with E-state index in [1.54, 1.807) is 11.0 Å². The van der Waals surface area contributed by atoms with Gasteiger partial charge in [-0.15, -0.1) is 0 Å². The quantitative estimate of drug-likeness (QED) is 0.802. The number of piperidine rings is 1. The lowest BCUT2D eigenvalue weighted by molar-refractivity contribution is -0.143. The molecule has 1 amide bonds. The van der Waals surface area contributed by atoms with E-state index in [1.165, 1.54) is 12.4 Å². The Balaban J connectivity index is 2.07. The molecule has 0 spiro atoms. The van der Waals surface area contributed by atoms with E-state index in [9.17, 15) is 9.59 Å². The second-order valence-electron chi connectivity index (χ2n) is 4.06. The van der Waals surface area contributed by atoms with E-state index in [0.29, 0.717) is 18.5 Å². The molecule has 1 unspecified atom stereocenters. The van der Waals surface area contributed by atoms with Crippen LogP contribution in [0.3, 0.4) is 0 Å². The van der Waals surface area contributed by atoms with Crippen LogP contribution in [0.25, 0.3) is 0 Å². The number of carboxylic acids is 1. The van der Waals surface area contributed by atoms with Crippen molar-refractivity contribution in [1.29, 1.82) is 0 Å². The SMILES string of the molecule is O=C(O)C1CCCN(C(=O)c2ccnnc2)C1. The molecule has 0 bridgehead atoms. The van der Waals surface area contributed by atoms with Gasteiger partial charge in [-0.05, 0) is 18.9 Å². The molecule has 0 radical (unpaired) electrons. The van der Waals surface area contributed by atoms with Crippen LogP contribution in [0.5, 0.6) is 0 Å². The van der Waals surface area contributed by atoms with Crippen LogP contribution < -0.4 is 0 Å². The monoisotopic (exact) mass is 235 g/mol. The maximum Gasteiger partial charge on any atom is 0.308 e. The molecule has 6 heteroatoms. The summed E-state index contributed by atoms with van der Waals surface area (Å²) < 4.78 is 0. The van der Waals surface area contributed by atoms with Crippen LogP contribution in [0.2, 0.25) is 0 Å². The van der Waals surface area contributed by atoms with Crippen molar-refractivity contribution in [3.05, 3.63) is 24.0 Å². The molecule has 2 rings (SSSR count). The fourth-order valence-corrected chi connectivity index (χ4v) is 1.96. The maximum atomic E-state index is 12.0. The summed E-state index contributed by atoms with van der Waals surface area (Å²) >= 11 is 0. The Labute approximate surface area is 98.3 Å². The summed E-state index contributed by atoms with van der Waals surface area (Å²) in [5.41, 5.74) is 0.450. The third-order valence-corrected chi connectivity index (χ3v) is 2.89. The zero-order valence-electron chi connectivity index (χ0n) is 9.24. The van der Waals surface area contributed by atoms with Gasteiger partial charge < -0.3 is 10.0 Å². The molecule has 90 valence electrons. The average molecular weight is 235 g/mol. The number of hydrogen-bond donors (Lipinski definition) is 1. The van der Waals surface area contributed by atoms with Crippen molar-refractivity contribution < 1.29 is 14.7 Å². The predicted octanol–water partition coefficient (Wildman–Crippen LogP) is 0.413. The number of carbonyl (C=O) groups excluding carboxylic acids is 1. The van der Waals surface area contributed by atoms with E-state index in [-0.39, 0.29) is 12.5 Å². The van der Waals surface area contributed by atoms with Crippen molar-refractivity contribution in [3.8, 4) is 0 Å². The van der Waals surface area contributed by atoms with Gasteiger partial charge in [-0.25, -0.2) is 0 Å². The van der Waals surface area contributed by atoms with Crippen LogP contribution in [0.1, 0.15) is 23.2 Å². The summed E-state index contributed by atoms with van der Waals surface area (Å²) in [6.07, 6.45) is 4.20. The van der Waals surface area contributed by atoms with Crippen molar-refractivity contribution in [1.82, 2.24) is 15.1 Å². The molecule has 1 N–H and O–H groups in total. The molecule has 0 saturated carbocycles. The standard InChI is InChI=1S/C11H13N3O3/c15-10(8-3-4-12-13-6-8)14-5-1-2-9(7-14)11(16)17/h3-4,6,9H,1-2,5,7H2,(H,16,17). The van der Waals surface area contributed by atoms with E-state index in [4.69, 9.17) is 5.11 Å². The van der Waals surface area contributed by atoms with E-state index in [1.807, 2.05) is 0 Å². The number of amides is 1. The Morgan fingerprint density at radius 3 is 2.88 bits per heavy atom. The third-order valence-electron chi connectivity index (χ3n) is 2.89. The molecular weight excluding hydrogens is 222 g/mol. The van der Waals surface area contributed by atoms with Gasteiger partial charge in [-0.3, -0.25) is 9.59 Å². The minimum atomic E-state index is -0.838. The van der Waals surface area contributed by atoms with Crippen molar-refractivity contribution in [2.45, 2.75) is 12.8 Å². The lowest BCUT2D eigenvalue weighted by Crippen LogP contribution is -2.42. The van der Waals surface area contributed by atoms with E-state index >= 15 is 0 Å². The number of hydrogen-bond acceptors (Lipinski definition) is 4. The van der Waals surface area contributed by atoms with Crippen molar-refractivity contribution in [3.63, 3.8) is 0 Å². The molecule has 1 aromatic heterocycles. The molecule has 1 atom stereocenters. The average Bonchev–Trinajstić information content (AvgIpc) is 2.39. The molecular formula is C11H13N3O3. The molecule has 6 nitrogen and oxygen atoms in total. The highest BCUT2D eigenvalue weighted by Gasteiger charge is 2.28. The molecule has 1 fully saturated rings. The van der Waals surface area contributed by atoms with Crippen LogP contribution in [0, 0.1) is 5.92 Å². The number of rotatable bonds is 2. The number of aromatic nitrogens is 2. The molecule has 1 saturated heterocycles. The lowest BCUT2D eigenvalue weighted by Gasteiger charge is -2.30. The molecule has 1 aliphatic heterocycles. The molecule has 17 heavy (non-hydrogen) atoms. The zero-order valence-corrected chi connectivity index (χ0v) is 9.24. The Bertz CT molecular complexity index is 421. The highest BCUT2D eigenvalue weighted by Crippen LogP contribution is 2.18. The van der Waals surface area contributed by atoms with Gasteiger partial charge in [0.1, 0.15) is 0 Å². The lowest BCUT2D eigenvalue weighted by atomic mass is 9.98. The molecule has 2 heterocycles. The number of carboxylic acid groups (broad SMARTS) is 1. The van der Waals surface area contributed by atoms with Gasteiger partial charge in [0.25, 0.3) is 5.91 Å². The summed E-state index contributed by atoms with van der Waals surface area (Å²) in [6, 6.07) is 1.58. The fraction of sp³-hybridized carbons (Fsp3) is 0.455. The summed E-state index contributed by atoms with van der Waals surface area (Å²) in [6.45, 7) is 0.876. The van der Waals surface area contributed by atoms with Crippen LogP contribution in [0.15, 0.2) is 18.5 Å². The zero-order chi connectivity index (χ0) is 12.3. The van der Waals surface area contributed by atoms with E-state index in [2.05, 4.69) is 10.2 Å². The first kappa shape index (κ1) is 11.5. The van der Waals surface area contributed by atoms with Crippen molar-refractivity contribution >= 4 is 11.9 Å². The van der Waals surface area contributed by atoms with Crippen molar-refractivity contribution in [2.24, 2.45) is 5.92 Å². The Hall–Kier alpha value is -1.98. The van der Waals surface area contributed by atoms with Crippen LogP contribution >= 0.6 is 0 Å². The maximum absolute atomic E-state index is 12.0. The largest absolute Gasteiger partial charge is 0.481 e. The van der Waals surface area contributed by atoms with Gasteiger partial charge in [0.2, 0.25) is 0 Å². The number of likely N-dealkylation sites (tertiary alicyclic amines) is 1. The summed E-state index contributed by atoms with van der Waals surface area (Å²) in [4.78, 5) is 24.5. The summed E-state index contributed by atoms with van der Waals surface area (Å²) in [5.74, 6) is -1.47. The predicted molar refractivity (Wildman–Crippen MR) is 58.3 cm³/mol. The molecule has 0 aromatic carbocycles. The fourth-order valence-electron chi connectivity index (χ4n) is 1.96. The van der Waals surface area contributed by atoms with Gasteiger partial charge in [0.05, 0.1) is 23.9 Å². The summed E-state index contributed by atoms with van der Waals surface area (Å²) in [5, 5.41) is 16.2. The number of carbonyl (C=O) groups is 2. The Kier molecular flexibility index (Phi) is 3.32. The second-order valence-corrected chi connectivity index (χ2v) is 4.06. The van der Waals surface area contributed by atoms with Gasteiger partial charge >= 0.3 is 5.97 Å². The first-order chi connectivity index (χ1) is 8.18. The minimum absolute atomic E-state index is 0.175. The normalized spacial score (nSPS) is 20.0. The molecule has 0 aliphatic carbocycles. The van der Waals surface area contributed by atoms with Gasteiger partial charge in [0, 0.05) is 13.1 Å². The van der Waals surface area contributed by atoms with Crippen molar-refractivity contribution in [2.75, 3.05) is 13.1 Å². The Morgan fingerprint density at radius 1 is 1.41 bits per heavy atom. The molecule has 1 aliphatic rings. The topological polar surface area (TPSA) is 83.4 Å². The van der Waals surface area contributed by atoms with Crippen LogP contribution in [-0.4, -0.2) is 45.2 Å². The summed E-state index contributed by atoms with van der Waals surface area (Å²) in [7, 11) is 0. The minimum Gasteiger partial charge on any atom is -0.481 e. The highest BCUT2D eigenvalue weighted by molar-refractivity contribution is 5.94. The third kappa shape index (κ3) is 2.58. The second kappa shape index (κ2) is 4.90. The number of nitrogens with zero attached hydrogens (tertiary/aromatic N) is 3. The van der Waals surface area contributed by atoms with Gasteiger partial charge in [-0.2, -0.15) is 10.2 Å². The highest BCUT2D eigenvalue weighted by atomic mass is 16.4. The first-order valence-corrected chi connectivity index (χ1v) is 5.47. The van der Waals surface area contributed by atoms with Gasteiger partial charge in [0.15, 0.2) is 0 Å². The van der Waals surface area contributed by atoms with Crippen LogP contribution in [-0.2, 0) is 4.79 Å². The Morgan fingerprint density at radius 2 is 2.24 bits per heavy atom. The smallest absolute Gasteiger partial charge is 0.308 e.